The van der Waals surface area contributed by atoms with Gasteiger partial charge in [-0.3, -0.25) is 0 Å². The molecule has 1 N–H and O–H groups in total. The number of hydrogen-bond acceptors (Lipinski definition) is 3. The standard InChI is InChI=1S/C13H25NO2/c1-3-5-6-11(4-2)13-10-15-8-7-12(13)9-16-14-13/h11-12,14H,3-10H2,1-2H3/t11?,12-,13+/m0/s1. The zero-order valence-corrected chi connectivity index (χ0v) is 10.6. The fourth-order valence-corrected chi connectivity index (χ4v) is 3.27. The van der Waals surface area contributed by atoms with E-state index in [2.05, 4.69) is 19.3 Å². The molecule has 2 aliphatic heterocycles. The van der Waals surface area contributed by atoms with E-state index in [1.807, 2.05) is 0 Å². The molecule has 3 heteroatoms. The summed E-state index contributed by atoms with van der Waals surface area (Å²) < 4.78 is 5.71. The van der Waals surface area contributed by atoms with Crippen LogP contribution in [0.15, 0.2) is 0 Å². The molecular weight excluding hydrogens is 202 g/mol. The molecule has 0 bridgehead atoms. The molecular formula is C13H25NO2. The minimum Gasteiger partial charge on any atom is -0.379 e. The topological polar surface area (TPSA) is 30.5 Å². The van der Waals surface area contributed by atoms with Crippen molar-refractivity contribution in [1.29, 1.82) is 0 Å². The van der Waals surface area contributed by atoms with Crippen molar-refractivity contribution in [3.8, 4) is 0 Å². The van der Waals surface area contributed by atoms with Crippen LogP contribution in [0.1, 0.15) is 46.0 Å². The first-order valence-electron chi connectivity index (χ1n) is 6.80. The lowest BCUT2D eigenvalue weighted by molar-refractivity contribution is -0.0512. The first-order chi connectivity index (χ1) is 7.83. The van der Waals surface area contributed by atoms with Crippen molar-refractivity contribution in [3.63, 3.8) is 0 Å². The third-order valence-corrected chi connectivity index (χ3v) is 4.35. The van der Waals surface area contributed by atoms with Crippen LogP contribution in [0.5, 0.6) is 0 Å². The SMILES string of the molecule is CCCCC(CC)[C@]12COCC[C@H]1CON2. The molecule has 2 saturated heterocycles. The largest absolute Gasteiger partial charge is 0.379 e. The van der Waals surface area contributed by atoms with Gasteiger partial charge in [-0.1, -0.05) is 33.1 Å². The highest BCUT2D eigenvalue weighted by Crippen LogP contribution is 2.40. The molecule has 0 radical (unpaired) electrons. The van der Waals surface area contributed by atoms with Crippen LogP contribution in [0, 0.1) is 11.8 Å². The van der Waals surface area contributed by atoms with Crippen LogP contribution in [0.3, 0.4) is 0 Å². The molecule has 3 atom stereocenters. The maximum atomic E-state index is 5.71. The number of rotatable bonds is 5. The fourth-order valence-electron chi connectivity index (χ4n) is 3.27. The molecule has 0 saturated carbocycles. The first-order valence-corrected chi connectivity index (χ1v) is 6.80. The molecule has 2 rings (SSSR count). The summed E-state index contributed by atoms with van der Waals surface area (Å²) in [5.74, 6) is 1.35. The minimum absolute atomic E-state index is 0.113. The minimum atomic E-state index is 0.113. The fraction of sp³-hybridized carbons (Fsp3) is 1.00. The van der Waals surface area contributed by atoms with Gasteiger partial charge in [0.25, 0.3) is 0 Å². The molecule has 0 aliphatic carbocycles. The highest BCUT2D eigenvalue weighted by atomic mass is 16.7. The van der Waals surface area contributed by atoms with Crippen molar-refractivity contribution in [2.24, 2.45) is 11.8 Å². The van der Waals surface area contributed by atoms with E-state index in [4.69, 9.17) is 9.57 Å². The second-order valence-corrected chi connectivity index (χ2v) is 5.24. The Bertz CT molecular complexity index is 222. The quantitative estimate of drug-likeness (QED) is 0.783. The number of unbranched alkanes of at least 4 members (excludes halogenated alkanes) is 1. The van der Waals surface area contributed by atoms with Crippen LogP contribution in [0.2, 0.25) is 0 Å². The monoisotopic (exact) mass is 227 g/mol. The molecule has 0 aromatic carbocycles. The van der Waals surface area contributed by atoms with Crippen molar-refractivity contribution in [2.75, 3.05) is 19.8 Å². The van der Waals surface area contributed by atoms with Crippen molar-refractivity contribution < 1.29 is 9.57 Å². The lowest BCUT2D eigenvalue weighted by Crippen LogP contribution is -2.57. The number of fused-ring (bicyclic) bond motifs is 1. The molecule has 1 unspecified atom stereocenters. The second kappa shape index (κ2) is 5.48. The first kappa shape index (κ1) is 12.3. The summed E-state index contributed by atoms with van der Waals surface area (Å²) in [7, 11) is 0. The lowest BCUT2D eigenvalue weighted by atomic mass is 9.70. The van der Waals surface area contributed by atoms with Gasteiger partial charge in [0.05, 0.1) is 18.8 Å². The van der Waals surface area contributed by atoms with Gasteiger partial charge in [0.15, 0.2) is 0 Å². The average molecular weight is 227 g/mol. The maximum absolute atomic E-state index is 5.71. The highest BCUT2D eigenvalue weighted by Gasteiger charge is 2.50. The molecule has 2 heterocycles. The predicted octanol–water partition coefficient (Wildman–Crippen LogP) is 2.51. The third kappa shape index (κ3) is 2.13. The van der Waals surface area contributed by atoms with Crippen LogP contribution >= 0.6 is 0 Å². The Hall–Kier alpha value is -0.120. The van der Waals surface area contributed by atoms with Gasteiger partial charge >= 0.3 is 0 Å². The molecule has 0 spiro atoms. The van der Waals surface area contributed by atoms with Crippen molar-refractivity contribution in [2.45, 2.75) is 51.5 Å². The van der Waals surface area contributed by atoms with E-state index in [0.29, 0.717) is 11.8 Å². The summed E-state index contributed by atoms with van der Waals surface area (Å²) in [6.07, 6.45) is 6.25. The van der Waals surface area contributed by atoms with E-state index in [-0.39, 0.29) is 5.54 Å². The summed E-state index contributed by atoms with van der Waals surface area (Å²) in [4.78, 5) is 5.53. The summed E-state index contributed by atoms with van der Waals surface area (Å²) in [6, 6.07) is 0. The van der Waals surface area contributed by atoms with Crippen molar-refractivity contribution in [3.05, 3.63) is 0 Å². The summed E-state index contributed by atoms with van der Waals surface area (Å²) in [5.41, 5.74) is 3.42. The normalized spacial score (nSPS) is 36.0. The van der Waals surface area contributed by atoms with E-state index >= 15 is 0 Å². The van der Waals surface area contributed by atoms with Crippen LogP contribution in [0.4, 0.5) is 0 Å². The summed E-state index contributed by atoms with van der Waals surface area (Å²) >= 11 is 0. The molecule has 0 amide bonds. The maximum Gasteiger partial charge on any atom is 0.0744 e. The van der Waals surface area contributed by atoms with Gasteiger partial charge in [0.2, 0.25) is 0 Å². The molecule has 16 heavy (non-hydrogen) atoms. The Morgan fingerprint density at radius 3 is 3.06 bits per heavy atom. The summed E-state index contributed by atoms with van der Waals surface area (Å²) in [6.45, 7) is 7.16. The van der Waals surface area contributed by atoms with Gasteiger partial charge in [0.1, 0.15) is 0 Å². The lowest BCUT2D eigenvalue weighted by Gasteiger charge is -2.43. The van der Waals surface area contributed by atoms with Gasteiger partial charge < -0.3 is 9.57 Å². The van der Waals surface area contributed by atoms with Gasteiger partial charge in [-0.2, -0.15) is 5.48 Å². The van der Waals surface area contributed by atoms with Crippen molar-refractivity contribution >= 4 is 0 Å². The van der Waals surface area contributed by atoms with Crippen LogP contribution in [-0.4, -0.2) is 25.4 Å². The van der Waals surface area contributed by atoms with Gasteiger partial charge in [0, 0.05) is 12.5 Å². The predicted molar refractivity (Wildman–Crippen MR) is 64.1 cm³/mol. The number of ether oxygens (including phenoxy) is 1. The zero-order chi connectivity index (χ0) is 11.4. The van der Waals surface area contributed by atoms with Gasteiger partial charge in [-0.05, 0) is 18.8 Å². The van der Waals surface area contributed by atoms with E-state index < -0.39 is 0 Å². The number of hydroxylamine groups is 1. The van der Waals surface area contributed by atoms with Gasteiger partial charge in [-0.25, -0.2) is 0 Å². The molecule has 2 fully saturated rings. The Labute approximate surface area is 98.8 Å². The highest BCUT2D eigenvalue weighted by molar-refractivity contribution is 5.01. The molecule has 94 valence electrons. The van der Waals surface area contributed by atoms with Crippen LogP contribution in [0.25, 0.3) is 0 Å². The zero-order valence-electron chi connectivity index (χ0n) is 10.6. The second-order valence-electron chi connectivity index (χ2n) is 5.24. The van der Waals surface area contributed by atoms with Gasteiger partial charge in [-0.15, -0.1) is 0 Å². The molecule has 0 aromatic heterocycles. The summed E-state index contributed by atoms with van der Waals surface area (Å²) in [5, 5.41) is 0. The number of nitrogens with one attached hydrogen (secondary N) is 1. The average Bonchev–Trinajstić information content (AvgIpc) is 2.74. The Kier molecular flexibility index (Phi) is 4.22. The Balaban J connectivity index is 2.06. The number of hydrogen-bond donors (Lipinski definition) is 1. The third-order valence-electron chi connectivity index (χ3n) is 4.35. The van der Waals surface area contributed by atoms with Crippen LogP contribution in [-0.2, 0) is 9.57 Å². The van der Waals surface area contributed by atoms with E-state index in [1.54, 1.807) is 0 Å². The van der Waals surface area contributed by atoms with E-state index in [9.17, 15) is 0 Å². The molecule has 3 nitrogen and oxygen atoms in total. The molecule has 2 aliphatic rings. The Morgan fingerprint density at radius 1 is 1.44 bits per heavy atom. The van der Waals surface area contributed by atoms with E-state index in [1.165, 1.54) is 25.7 Å². The van der Waals surface area contributed by atoms with E-state index in [0.717, 1.165) is 26.2 Å². The molecule has 0 aromatic rings. The smallest absolute Gasteiger partial charge is 0.0744 e. The Morgan fingerprint density at radius 2 is 2.31 bits per heavy atom. The van der Waals surface area contributed by atoms with Crippen molar-refractivity contribution in [1.82, 2.24) is 5.48 Å². The van der Waals surface area contributed by atoms with Crippen LogP contribution < -0.4 is 5.48 Å².